The van der Waals surface area contributed by atoms with E-state index in [1.807, 2.05) is 13.8 Å². The molecule has 1 aromatic carbocycles. The molecule has 5 nitrogen and oxygen atoms in total. The van der Waals surface area contributed by atoms with Gasteiger partial charge in [0.25, 0.3) is 0 Å². The zero-order valence-corrected chi connectivity index (χ0v) is 14.0. The molecule has 2 amide bonds. The number of hydrogen-bond acceptors (Lipinski definition) is 3. The minimum absolute atomic E-state index is 0.115. The highest BCUT2D eigenvalue weighted by Gasteiger charge is 2.21. The smallest absolute Gasteiger partial charge is 0.314 e. The SMILES string of the molecule is CC(O)CC(C)(C)CNC(=O)NCC(O)c1ccc(Cl)cc1. The highest BCUT2D eigenvalue weighted by molar-refractivity contribution is 6.30. The first kappa shape index (κ1) is 18.7. The van der Waals surface area contributed by atoms with E-state index in [0.29, 0.717) is 23.6 Å². The van der Waals surface area contributed by atoms with E-state index in [1.165, 1.54) is 0 Å². The van der Waals surface area contributed by atoms with E-state index in [9.17, 15) is 15.0 Å². The first-order chi connectivity index (χ1) is 10.2. The summed E-state index contributed by atoms with van der Waals surface area (Å²) in [6.45, 7) is 6.24. The Kier molecular flexibility index (Phi) is 7.13. The molecule has 0 aliphatic heterocycles. The second-order valence-electron chi connectivity index (χ2n) is 6.35. The van der Waals surface area contributed by atoms with Gasteiger partial charge in [0.1, 0.15) is 0 Å². The van der Waals surface area contributed by atoms with Crippen molar-refractivity contribution in [2.45, 2.75) is 39.4 Å². The van der Waals surface area contributed by atoms with Crippen LogP contribution in [0.3, 0.4) is 0 Å². The van der Waals surface area contributed by atoms with Gasteiger partial charge in [0.15, 0.2) is 0 Å². The highest BCUT2D eigenvalue weighted by atomic mass is 35.5. The molecule has 0 spiro atoms. The largest absolute Gasteiger partial charge is 0.393 e. The van der Waals surface area contributed by atoms with E-state index < -0.39 is 12.2 Å². The Balaban J connectivity index is 2.35. The van der Waals surface area contributed by atoms with Gasteiger partial charge < -0.3 is 20.8 Å². The minimum Gasteiger partial charge on any atom is -0.393 e. The van der Waals surface area contributed by atoms with Gasteiger partial charge in [-0.2, -0.15) is 0 Å². The summed E-state index contributed by atoms with van der Waals surface area (Å²) in [6, 6.07) is 6.49. The van der Waals surface area contributed by atoms with E-state index in [-0.39, 0.29) is 18.0 Å². The van der Waals surface area contributed by atoms with Gasteiger partial charge in [-0.3, -0.25) is 0 Å². The van der Waals surface area contributed by atoms with Gasteiger partial charge in [-0.25, -0.2) is 4.79 Å². The van der Waals surface area contributed by atoms with E-state index in [4.69, 9.17) is 11.6 Å². The number of aliphatic hydroxyl groups excluding tert-OH is 2. The summed E-state index contributed by atoms with van der Waals surface area (Å²) in [6.07, 6.45) is -0.596. The van der Waals surface area contributed by atoms with Crippen molar-refractivity contribution in [1.29, 1.82) is 0 Å². The maximum atomic E-state index is 11.7. The number of aliphatic hydroxyl groups is 2. The third-order valence-electron chi connectivity index (χ3n) is 3.29. The zero-order chi connectivity index (χ0) is 16.8. The lowest BCUT2D eigenvalue weighted by Crippen LogP contribution is -2.42. The average Bonchev–Trinajstić information content (AvgIpc) is 2.42. The molecule has 0 bridgehead atoms. The van der Waals surface area contributed by atoms with Gasteiger partial charge in [0.05, 0.1) is 12.2 Å². The molecule has 0 saturated heterocycles. The van der Waals surface area contributed by atoms with E-state index in [2.05, 4.69) is 10.6 Å². The average molecular weight is 329 g/mol. The number of carbonyl (C=O) groups excluding carboxylic acids is 1. The van der Waals surface area contributed by atoms with Gasteiger partial charge in [0.2, 0.25) is 0 Å². The Hall–Kier alpha value is -1.30. The maximum Gasteiger partial charge on any atom is 0.314 e. The molecule has 6 heteroatoms. The molecule has 124 valence electrons. The fourth-order valence-electron chi connectivity index (χ4n) is 2.25. The Morgan fingerprint density at radius 2 is 1.82 bits per heavy atom. The molecule has 1 aromatic rings. The Morgan fingerprint density at radius 3 is 2.36 bits per heavy atom. The summed E-state index contributed by atoms with van der Waals surface area (Å²) < 4.78 is 0. The predicted octanol–water partition coefficient (Wildman–Crippen LogP) is 2.47. The van der Waals surface area contributed by atoms with Crippen molar-refractivity contribution in [1.82, 2.24) is 10.6 Å². The van der Waals surface area contributed by atoms with Crippen LogP contribution in [0.4, 0.5) is 4.79 Å². The number of hydrogen-bond donors (Lipinski definition) is 4. The van der Waals surface area contributed by atoms with Crippen LogP contribution in [0.5, 0.6) is 0 Å². The summed E-state index contributed by atoms with van der Waals surface area (Å²) >= 11 is 5.78. The Morgan fingerprint density at radius 1 is 1.23 bits per heavy atom. The predicted molar refractivity (Wildman–Crippen MR) is 87.9 cm³/mol. The van der Waals surface area contributed by atoms with Crippen LogP contribution < -0.4 is 10.6 Å². The molecular formula is C16H25ClN2O3. The molecule has 0 heterocycles. The number of benzene rings is 1. The van der Waals surface area contributed by atoms with E-state index in [1.54, 1.807) is 31.2 Å². The van der Waals surface area contributed by atoms with Crippen molar-refractivity contribution >= 4 is 17.6 Å². The normalized spacial score (nSPS) is 14.3. The number of amides is 2. The first-order valence-corrected chi connectivity index (χ1v) is 7.71. The van der Waals surface area contributed by atoms with Gasteiger partial charge in [-0.05, 0) is 36.5 Å². The van der Waals surface area contributed by atoms with Crippen molar-refractivity contribution in [3.8, 4) is 0 Å². The Bertz CT molecular complexity index is 475. The van der Waals surface area contributed by atoms with Crippen LogP contribution in [0.2, 0.25) is 5.02 Å². The number of urea groups is 1. The summed E-state index contributed by atoms with van der Waals surface area (Å²) in [5.41, 5.74) is 0.499. The van der Waals surface area contributed by atoms with Crippen molar-refractivity contribution in [3.05, 3.63) is 34.9 Å². The van der Waals surface area contributed by atoms with Crippen LogP contribution in [0, 0.1) is 5.41 Å². The minimum atomic E-state index is -0.784. The van der Waals surface area contributed by atoms with Crippen LogP contribution in [-0.4, -0.2) is 35.4 Å². The molecule has 0 fully saturated rings. The summed E-state index contributed by atoms with van der Waals surface area (Å²) in [5.74, 6) is 0. The summed E-state index contributed by atoms with van der Waals surface area (Å²) in [7, 11) is 0. The van der Waals surface area contributed by atoms with Gasteiger partial charge in [-0.15, -0.1) is 0 Å². The first-order valence-electron chi connectivity index (χ1n) is 7.33. The molecule has 1 rings (SSSR count). The van der Waals surface area contributed by atoms with Crippen LogP contribution in [-0.2, 0) is 0 Å². The molecule has 0 aliphatic rings. The molecule has 0 radical (unpaired) electrons. The summed E-state index contributed by atoms with van der Waals surface area (Å²) in [5, 5.41) is 25.4. The van der Waals surface area contributed by atoms with Crippen LogP contribution in [0.15, 0.2) is 24.3 Å². The fraction of sp³-hybridized carbons (Fsp3) is 0.562. The standard InChI is InChI=1S/C16H25ClN2O3/c1-11(20)8-16(2,3)10-19-15(22)18-9-14(21)12-4-6-13(17)7-5-12/h4-7,11,14,20-21H,8-10H2,1-3H3,(H2,18,19,22). The second kappa shape index (κ2) is 8.36. The third kappa shape index (κ3) is 7.11. The second-order valence-corrected chi connectivity index (χ2v) is 6.78. The lowest BCUT2D eigenvalue weighted by Gasteiger charge is -2.26. The quantitative estimate of drug-likeness (QED) is 0.620. The summed E-state index contributed by atoms with van der Waals surface area (Å²) in [4.78, 5) is 11.7. The van der Waals surface area contributed by atoms with Crippen molar-refractivity contribution in [3.63, 3.8) is 0 Å². The molecule has 0 aliphatic carbocycles. The molecule has 4 N–H and O–H groups in total. The van der Waals surface area contributed by atoms with Gasteiger partial charge in [0, 0.05) is 18.1 Å². The molecule has 0 aromatic heterocycles. The fourth-order valence-corrected chi connectivity index (χ4v) is 2.37. The molecule has 2 unspecified atom stereocenters. The van der Waals surface area contributed by atoms with E-state index in [0.717, 1.165) is 0 Å². The lowest BCUT2D eigenvalue weighted by molar-refractivity contribution is 0.128. The lowest BCUT2D eigenvalue weighted by atomic mass is 9.87. The molecule has 22 heavy (non-hydrogen) atoms. The number of nitrogens with one attached hydrogen (secondary N) is 2. The van der Waals surface area contributed by atoms with Crippen LogP contribution >= 0.6 is 11.6 Å². The van der Waals surface area contributed by atoms with Crippen LogP contribution in [0.1, 0.15) is 38.9 Å². The molecule has 2 atom stereocenters. The zero-order valence-electron chi connectivity index (χ0n) is 13.3. The van der Waals surface area contributed by atoms with E-state index >= 15 is 0 Å². The maximum absolute atomic E-state index is 11.7. The number of carbonyl (C=O) groups is 1. The topological polar surface area (TPSA) is 81.6 Å². The van der Waals surface area contributed by atoms with Crippen molar-refractivity contribution in [2.24, 2.45) is 5.41 Å². The van der Waals surface area contributed by atoms with Crippen molar-refractivity contribution in [2.75, 3.05) is 13.1 Å². The van der Waals surface area contributed by atoms with Gasteiger partial charge in [-0.1, -0.05) is 37.6 Å². The number of halogens is 1. The highest BCUT2D eigenvalue weighted by Crippen LogP contribution is 2.21. The monoisotopic (exact) mass is 328 g/mol. The van der Waals surface area contributed by atoms with Gasteiger partial charge >= 0.3 is 6.03 Å². The number of rotatable bonds is 7. The van der Waals surface area contributed by atoms with Crippen molar-refractivity contribution < 1.29 is 15.0 Å². The molecular weight excluding hydrogens is 304 g/mol. The van der Waals surface area contributed by atoms with Crippen LogP contribution in [0.25, 0.3) is 0 Å². The third-order valence-corrected chi connectivity index (χ3v) is 3.54. The molecule has 0 saturated carbocycles. The Labute approximate surface area is 136 Å².